The molecular formula is C22H27NO6. The van der Waals surface area contributed by atoms with Crippen LogP contribution in [0, 0.1) is 19.8 Å². The number of hydrogen-bond acceptors (Lipinski definition) is 6. The summed E-state index contributed by atoms with van der Waals surface area (Å²) in [5, 5.41) is 10.6. The Bertz CT molecular complexity index is 993. The third kappa shape index (κ3) is 4.28. The van der Waals surface area contributed by atoms with Crippen LogP contribution in [0.25, 0.3) is 11.0 Å². The number of aromatic hydroxyl groups is 1. The van der Waals surface area contributed by atoms with Crippen molar-refractivity contribution in [3.05, 3.63) is 39.2 Å². The van der Waals surface area contributed by atoms with E-state index in [0.717, 1.165) is 23.8 Å². The Morgan fingerprint density at radius 2 is 2.03 bits per heavy atom. The first-order chi connectivity index (χ1) is 13.8. The first-order valence-electron chi connectivity index (χ1n) is 10.0. The van der Waals surface area contributed by atoms with Gasteiger partial charge in [-0.2, -0.15) is 0 Å². The topological polar surface area (TPSA) is 97.1 Å². The molecule has 0 unspecified atom stereocenters. The highest BCUT2D eigenvalue weighted by molar-refractivity contribution is 5.85. The van der Waals surface area contributed by atoms with Gasteiger partial charge in [0.05, 0.1) is 12.5 Å². The minimum absolute atomic E-state index is 0.0734. The van der Waals surface area contributed by atoms with E-state index in [-0.39, 0.29) is 36.4 Å². The molecule has 2 aromatic rings. The molecule has 156 valence electrons. The fraction of sp³-hybridized carbons (Fsp3) is 0.500. The number of benzene rings is 1. The normalized spacial score (nSPS) is 16.8. The largest absolute Gasteiger partial charge is 0.508 e. The van der Waals surface area contributed by atoms with E-state index < -0.39 is 5.63 Å². The molecule has 2 heterocycles. The van der Waals surface area contributed by atoms with Gasteiger partial charge in [-0.25, -0.2) is 4.79 Å². The number of aryl methyl sites for hydroxylation is 2. The molecule has 3 rings (SSSR count). The highest BCUT2D eigenvalue weighted by Gasteiger charge is 2.29. The Hall–Kier alpha value is -2.83. The fourth-order valence-electron chi connectivity index (χ4n) is 3.91. The highest BCUT2D eigenvalue weighted by atomic mass is 16.5. The van der Waals surface area contributed by atoms with Crippen molar-refractivity contribution >= 4 is 22.8 Å². The second-order valence-corrected chi connectivity index (χ2v) is 7.51. The summed E-state index contributed by atoms with van der Waals surface area (Å²) >= 11 is 0. The van der Waals surface area contributed by atoms with E-state index in [0.29, 0.717) is 36.4 Å². The van der Waals surface area contributed by atoms with Gasteiger partial charge in [0.25, 0.3) is 0 Å². The molecule has 0 bridgehead atoms. The first-order valence-corrected chi connectivity index (χ1v) is 10.0. The van der Waals surface area contributed by atoms with E-state index in [2.05, 4.69) is 0 Å². The molecule has 0 spiro atoms. The lowest BCUT2D eigenvalue weighted by Crippen LogP contribution is -2.43. The van der Waals surface area contributed by atoms with Crippen LogP contribution in [0.3, 0.4) is 0 Å². The van der Waals surface area contributed by atoms with Crippen molar-refractivity contribution in [2.24, 2.45) is 5.92 Å². The number of fused-ring (bicyclic) bond motifs is 1. The van der Waals surface area contributed by atoms with Gasteiger partial charge in [-0.1, -0.05) is 0 Å². The number of phenols is 1. The van der Waals surface area contributed by atoms with Crippen molar-refractivity contribution < 1.29 is 23.8 Å². The van der Waals surface area contributed by atoms with Crippen LogP contribution in [0.4, 0.5) is 0 Å². The SMILES string of the molecule is CCOC(=O)[C@@H]1CCCN(C(=O)CCc2c(C)c3ccc(O)c(C)c3oc2=O)C1. The summed E-state index contributed by atoms with van der Waals surface area (Å²) in [4.78, 5) is 38.8. The lowest BCUT2D eigenvalue weighted by atomic mass is 9.97. The zero-order valence-corrected chi connectivity index (χ0v) is 17.1. The Morgan fingerprint density at radius 3 is 2.76 bits per heavy atom. The standard InChI is InChI=1S/C22H27NO6/c1-4-28-21(26)15-6-5-11-23(12-15)19(25)10-8-17-13(2)16-7-9-18(24)14(3)20(16)29-22(17)27/h7,9,15,24H,4-6,8,10-12H2,1-3H3/t15-/m1/s1. The quantitative estimate of drug-likeness (QED) is 0.611. The van der Waals surface area contributed by atoms with Gasteiger partial charge in [0.1, 0.15) is 11.3 Å². The van der Waals surface area contributed by atoms with Gasteiger partial charge in [-0.3, -0.25) is 9.59 Å². The minimum atomic E-state index is -0.487. The van der Waals surface area contributed by atoms with E-state index in [1.807, 2.05) is 6.92 Å². The lowest BCUT2D eigenvalue weighted by Gasteiger charge is -2.31. The summed E-state index contributed by atoms with van der Waals surface area (Å²) in [5.74, 6) is -0.547. The smallest absolute Gasteiger partial charge is 0.339 e. The molecule has 1 N–H and O–H groups in total. The average Bonchev–Trinajstić information content (AvgIpc) is 2.71. The molecule has 0 aliphatic carbocycles. The van der Waals surface area contributed by atoms with Crippen LogP contribution in [0.15, 0.2) is 21.3 Å². The zero-order chi connectivity index (χ0) is 21.1. The number of likely N-dealkylation sites (tertiary alicyclic amines) is 1. The molecule has 1 aliphatic heterocycles. The average molecular weight is 401 g/mol. The van der Waals surface area contributed by atoms with Gasteiger partial charge in [0.15, 0.2) is 0 Å². The molecule has 1 atom stereocenters. The number of hydrogen-bond donors (Lipinski definition) is 1. The summed E-state index contributed by atoms with van der Waals surface area (Å²) < 4.78 is 10.5. The summed E-state index contributed by atoms with van der Waals surface area (Å²) in [7, 11) is 0. The van der Waals surface area contributed by atoms with Gasteiger partial charge < -0.3 is 19.2 Å². The predicted octanol–water partition coefficient (Wildman–Crippen LogP) is 2.85. The van der Waals surface area contributed by atoms with E-state index in [1.165, 1.54) is 0 Å². The summed E-state index contributed by atoms with van der Waals surface area (Å²) in [6.07, 6.45) is 1.92. The van der Waals surface area contributed by atoms with E-state index in [1.54, 1.807) is 30.9 Å². The third-order valence-electron chi connectivity index (χ3n) is 5.66. The molecule has 0 saturated carbocycles. The van der Waals surface area contributed by atoms with Crippen LogP contribution >= 0.6 is 0 Å². The Balaban J connectivity index is 1.73. The van der Waals surface area contributed by atoms with Crippen LogP contribution in [-0.4, -0.2) is 41.6 Å². The monoisotopic (exact) mass is 401 g/mol. The Kier molecular flexibility index (Phi) is 6.25. The molecule has 1 fully saturated rings. The molecule has 29 heavy (non-hydrogen) atoms. The minimum Gasteiger partial charge on any atom is -0.508 e. The van der Waals surface area contributed by atoms with Crippen LogP contribution in [0.5, 0.6) is 5.75 Å². The van der Waals surface area contributed by atoms with Crippen molar-refractivity contribution in [1.29, 1.82) is 0 Å². The first kappa shape index (κ1) is 20.9. The van der Waals surface area contributed by atoms with Gasteiger partial charge in [-0.05, 0) is 57.7 Å². The van der Waals surface area contributed by atoms with Crippen molar-refractivity contribution in [3.8, 4) is 5.75 Å². The van der Waals surface area contributed by atoms with Crippen molar-refractivity contribution in [2.75, 3.05) is 19.7 Å². The number of esters is 1. The van der Waals surface area contributed by atoms with E-state index >= 15 is 0 Å². The van der Waals surface area contributed by atoms with Crippen LogP contribution in [0.2, 0.25) is 0 Å². The Labute approximate surface area is 169 Å². The number of nitrogens with zero attached hydrogens (tertiary/aromatic N) is 1. The second-order valence-electron chi connectivity index (χ2n) is 7.51. The van der Waals surface area contributed by atoms with Gasteiger partial charge >= 0.3 is 11.6 Å². The van der Waals surface area contributed by atoms with Crippen LogP contribution < -0.4 is 5.63 Å². The summed E-state index contributed by atoms with van der Waals surface area (Å²) in [6, 6.07) is 3.29. The van der Waals surface area contributed by atoms with Crippen molar-refractivity contribution in [3.63, 3.8) is 0 Å². The van der Waals surface area contributed by atoms with Crippen LogP contribution in [0.1, 0.15) is 42.9 Å². The summed E-state index contributed by atoms with van der Waals surface area (Å²) in [6.45, 7) is 6.59. The molecule has 1 amide bonds. The Morgan fingerprint density at radius 1 is 1.28 bits per heavy atom. The maximum Gasteiger partial charge on any atom is 0.339 e. The van der Waals surface area contributed by atoms with E-state index in [9.17, 15) is 19.5 Å². The molecule has 7 nitrogen and oxygen atoms in total. The predicted molar refractivity (Wildman–Crippen MR) is 108 cm³/mol. The number of amides is 1. The van der Waals surface area contributed by atoms with Gasteiger partial charge in [-0.15, -0.1) is 0 Å². The number of carbonyl (C=O) groups excluding carboxylic acids is 2. The lowest BCUT2D eigenvalue weighted by molar-refractivity contribution is -0.151. The molecule has 1 aliphatic rings. The number of ether oxygens (including phenoxy) is 1. The molecule has 0 radical (unpaired) electrons. The molecule has 7 heteroatoms. The fourth-order valence-corrected chi connectivity index (χ4v) is 3.91. The second kappa shape index (κ2) is 8.68. The molecule has 1 saturated heterocycles. The number of rotatable bonds is 5. The van der Waals surface area contributed by atoms with Gasteiger partial charge in [0, 0.05) is 36.0 Å². The van der Waals surface area contributed by atoms with Crippen LogP contribution in [-0.2, 0) is 20.7 Å². The molecule has 1 aromatic heterocycles. The van der Waals surface area contributed by atoms with Crippen molar-refractivity contribution in [2.45, 2.75) is 46.5 Å². The maximum atomic E-state index is 12.7. The van der Waals surface area contributed by atoms with Crippen molar-refractivity contribution in [1.82, 2.24) is 4.90 Å². The molecular weight excluding hydrogens is 374 g/mol. The molecule has 1 aromatic carbocycles. The number of piperidine rings is 1. The van der Waals surface area contributed by atoms with Gasteiger partial charge in [0.2, 0.25) is 5.91 Å². The number of phenolic OH excluding ortho intramolecular Hbond substituents is 1. The third-order valence-corrected chi connectivity index (χ3v) is 5.66. The van der Waals surface area contributed by atoms with E-state index in [4.69, 9.17) is 9.15 Å². The zero-order valence-electron chi connectivity index (χ0n) is 17.1. The summed E-state index contributed by atoms with van der Waals surface area (Å²) in [5.41, 5.74) is 1.63. The maximum absolute atomic E-state index is 12.7. The number of carbonyl (C=O) groups is 2. The highest BCUT2D eigenvalue weighted by Crippen LogP contribution is 2.29.